The number of fused-ring (bicyclic) bond motifs is 1. The summed E-state index contributed by atoms with van der Waals surface area (Å²) in [5, 5.41) is 4.96. The number of esters is 1. The van der Waals surface area contributed by atoms with E-state index in [0.717, 1.165) is 22.9 Å². The van der Waals surface area contributed by atoms with E-state index in [-0.39, 0.29) is 5.56 Å². The number of hydrogen-bond donors (Lipinski definition) is 0. The van der Waals surface area contributed by atoms with Crippen LogP contribution in [-0.2, 0) is 16.0 Å². The topological polar surface area (TPSA) is 82.8 Å². The maximum absolute atomic E-state index is 13.2. The van der Waals surface area contributed by atoms with Crippen LogP contribution >= 0.6 is 47.8 Å². The highest BCUT2D eigenvalue weighted by atomic mass is 79.9. The van der Waals surface area contributed by atoms with Crippen molar-refractivity contribution in [2.24, 2.45) is 5.10 Å². The number of rotatable bonds is 8. The molecule has 33 heavy (non-hydrogen) atoms. The van der Waals surface area contributed by atoms with Crippen molar-refractivity contribution in [3.8, 4) is 5.75 Å². The smallest absolute Gasteiger partial charge is 0.346 e. The average Bonchev–Trinajstić information content (AvgIpc) is 2.79. The lowest BCUT2D eigenvalue weighted by molar-refractivity contribution is -0.147. The predicted octanol–water partition coefficient (Wildman–Crippen LogP) is 5.85. The molecule has 1 atom stereocenters. The first-order valence-electron chi connectivity index (χ1n) is 10.2. The Morgan fingerprint density at radius 3 is 2.55 bits per heavy atom. The van der Waals surface area contributed by atoms with E-state index in [0.29, 0.717) is 37.8 Å². The van der Waals surface area contributed by atoms with Crippen molar-refractivity contribution in [3.05, 3.63) is 65.5 Å². The number of unbranched alkanes of at least 4 members (excludes halogenated alkanes) is 1. The molecule has 0 aliphatic heterocycles. The van der Waals surface area contributed by atoms with Crippen molar-refractivity contribution in [3.63, 3.8) is 0 Å². The van der Waals surface area contributed by atoms with Crippen molar-refractivity contribution in [1.82, 2.24) is 9.66 Å². The normalized spacial score (nSPS) is 12.3. The molecule has 0 N–H and O–H groups in total. The molecule has 0 unspecified atom stereocenters. The Morgan fingerprint density at radius 1 is 1.21 bits per heavy atom. The molecule has 174 valence electrons. The third kappa shape index (κ3) is 6.10. The molecule has 7 nitrogen and oxygen atoms in total. The number of hydrogen-bond acceptors (Lipinski definition) is 6. The van der Waals surface area contributed by atoms with Gasteiger partial charge in [-0.2, -0.15) is 9.78 Å². The molecule has 0 bridgehead atoms. The first kappa shape index (κ1) is 25.6. The number of ether oxygens (including phenoxy) is 2. The van der Waals surface area contributed by atoms with E-state index < -0.39 is 12.1 Å². The van der Waals surface area contributed by atoms with Crippen LogP contribution < -0.4 is 10.3 Å². The Labute approximate surface area is 216 Å². The maximum Gasteiger partial charge on any atom is 0.346 e. The first-order chi connectivity index (χ1) is 15.7. The van der Waals surface area contributed by atoms with Crippen molar-refractivity contribution < 1.29 is 14.3 Å². The minimum absolute atomic E-state index is 0.228. The summed E-state index contributed by atoms with van der Waals surface area (Å²) in [5.41, 5.74) is 1.13. The van der Waals surface area contributed by atoms with E-state index in [1.807, 2.05) is 12.1 Å². The first-order valence-corrected chi connectivity index (χ1v) is 12.6. The quantitative estimate of drug-likeness (QED) is 0.227. The molecule has 1 aromatic heterocycles. The molecule has 0 aliphatic rings. The van der Waals surface area contributed by atoms with Gasteiger partial charge in [-0.3, -0.25) is 4.79 Å². The Morgan fingerprint density at radius 2 is 1.91 bits per heavy atom. The lowest BCUT2D eigenvalue weighted by atomic mass is 10.2. The van der Waals surface area contributed by atoms with Gasteiger partial charge < -0.3 is 9.47 Å². The summed E-state index contributed by atoms with van der Waals surface area (Å²) in [4.78, 5) is 29.6. The molecular formula is C23H22Br3N3O4. The highest BCUT2D eigenvalue weighted by Gasteiger charge is 2.19. The molecular weight excluding hydrogens is 622 g/mol. The van der Waals surface area contributed by atoms with Gasteiger partial charge in [-0.15, -0.1) is 0 Å². The molecule has 10 heteroatoms. The molecule has 0 saturated heterocycles. The molecule has 2 aromatic carbocycles. The van der Waals surface area contributed by atoms with Crippen LogP contribution in [0.2, 0.25) is 0 Å². The van der Waals surface area contributed by atoms with E-state index >= 15 is 0 Å². The fourth-order valence-electron chi connectivity index (χ4n) is 3.09. The van der Waals surface area contributed by atoms with Gasteiger partial charge in [0.15, 0.2) is 6.10 Å². The van der Waals surface area contributed by atoms with E-state index in [9.17, 15) is 9.59 Å². The number of aromatic nitrogens is 2. The summed E-state index contributed by atoms with van der Waals surface area (Å²) < 4.78 is 13.8. The molecule has 0 radical (unpaired) electrons. The maximum atomic E-state index is 13.2. The van der Waals surface area contributed by atoms with E-state index in [1.54, 1.807) is 31.3 Å². The highest BCUT2D eigenvalue weighted by Crippen LogP contribution is 2.35. The van der Waals surface area contributed by atoms with Crippen LogP contribution in [0.1, 0.15) is 38.1 Å². The van der Waals surface area contributed by atoms with Gasteiger partial charge in [0.25, 0.3) is 5.56 Å². The van der Waals surface area contributed by atoms with Crippen LogP contribution in [0.5, 0.6) is 5.75 Å². The second-order valence-electron chi connectivity index (χ2n) is 7.25. The minimum atomic E-state index is -0.773. The van der Waals surface area contributed by atoms with Gasteiger partial charge in [-0.1, -0.05) is 29.3 Å². The lowest BCUT2D eigenvalue weighted by Gasteiger charge is -2.15. The number of nitrogens with zero attached hydrogens (tertiary/aromatic N) is 3. The fraction of sp³-hybridized carbons (Fsp3) is 0.304. The van der Waals surface area contributed by atoms with Gasteiger partial charge in [0.05, 0.1) is 33.2 Å². The van der Waals surface area contributed by atoms with Crippen molar-refractivity contribution >= 4 is 70.9 Å². The number of carbonyl (C=O) groups excluding carboxylic acids is 1. The number of halogens is 3. The molecule has 0 saturated carbocycles. The molecule has 0 fully saturated rings. The van der Waals surface area contributed by atoms with E-state index in [2.05, 4.69) is 64.8 Å². The van der Waals surface area contributed by atoms with Gasteiger partial charge in [-0.25, -0.2) is 9.78 Å². The van der Waals surface area contributed by atoms with Crippen LogP contribution in [0.25, 0.3) is 10.9 Å². The van der Waals surface area contributed by atoms with Crippen molar-refractivity contribution in [2.75, 3.05) is 7.11 Å². The van der Waals surface area contributed by atoms with E-state index in [1.165, 1.54) is 11.8 Å². The summed E-state index contributed by atoms with van der Waals surface area (Å²) in [6.07, 6.45) is 3.32. The summed E-state index contributed by atoms with van der Waals surface area (Å²) in [6.45, 7) is 3.69. The Balaban J connectivity index is 2.00. The Bertz CT molecular complexity index is 1250. The zero-order valence-corrected chi connectivity index (χ0v) is 23.0. The summed E-state index contributed by atoms with van der Waals surface area (Å²) in [6, 6.07) is 9.02. The number of benzene rings is 2. The van der Waals surface area contributed by atoms with Crippen LogP contribution in [0.3, 0.4) is 0 Å². The number of aryl methyl sites for hydroxylation is 1. The Kier molecular flexibility index (Phi) is 8.83. The third-order valence-corrected chi connectivity index (χ3v) is 6.47. The van der Waals surface area contributed by atoms with Crippen LogP contribution in [0, 0.1) is 0 Å². The van der Waals surface area contributed by atoms with Gasteiger partial charge in [-0.05, 0) is 81.1 Å². The van der Waals surface area contributed by atoms with Crippen LogP contribution in [0.15, 0.2) is 53.6 Å². The number of methoxy groups -OCH3 is 1. The summed E-state index contributed by atoms with van der Waals surface area (Å²) in [5.74, 6) is 0.592. The van der Waals surface area contributed by atoms with Gasteiger partial charge in [0, 0.05) is 10.9 Å². The molecule has 0 amide bonds. The summed E-state index contributed by atoms with van der Waals surface area (Å²) in [7, 11) is 1.31. The molecule has 0 aliphatic carbocycles. The van der Waals surface area contributed by atoms with Gasteiger partial charge >= 0.3 is 5.97 Å². The standard InChI is InChI=1S/C23H22Br3N3O4/c1-4-5-6-20-28-19-8-7-15(24)11-16(19)22(30)29(20)27-12-14-9-17(25)21(18(26)10-14)33-13(2)23(31)32-3/h7-13H,4-6H2,1-3H3/t13-/m1/s1. The second-order valence-corrected chi connectivity index (χ2v) is 9.88. The largest absolute Gasteiger partial charge is 0.477 e. The third-order valence-electron chi connectivity index (χ3n) is 4.80. The second kappa shape index (κ2) is 11.4. The SMILES string of the molecule is CCCCc1nc2ccc(Br)cc2c(=O)n1N=Cc1cc(Br)c(O[C@H](C)C(=O)OC)c(Br)c1. The monoisotopic (exact) mass is 641 g/mol. The molecule has 1 heterocycles. The lowest BCUT2D eigenvalue weighted by Crippen LogP contribution is -2.25. The fourth-order valence-corrected chi connectivity index (χ4v) is 4.86. The van der Waals surface area contributed by atoms with Crippen LogP contribution in [-0.4, -0.2) is 35.1 Å². The zero-order valence-electron chi connectivity index (χ0n) is 18.3. The van der Waals surface area contributed by atoms with Crippen molar-refractivity contribution in [1.29, 1.82) is 0 Å². The molecule has 3 aromatic rings. The van der Waals surface area contributed by atoms with Gasteiger partial charge in [0.2, 0.25) is 0 Å². The minimum Gasteiger partial charge on any atom is -0.477 e. The predicted molar refractivity (Wildman–Crippen MR) is 139 cm³/mol. The average molecular weight is 644 g/mol. The number of carbonyl (C=O) groups is 1. The summed E-state index contributed by atoms with van der Waals surface area (Å²) >= 11 is 10.4. The highest BCUT2D eigenvalue weighted by molar-refractivity contribution is 9.11. The van der Waals surface area contributed by atoms with Crippen LogP contribution in [0.4, 0.5) is 0 Å². The zero-order chi connectivity index (χ0) is 24.1. The molecule has 0 spiro atoms. The molecule has 3 rings (SSSR count). The Hall–Kier alpha value is -2.04. The van der Waals surface area contributed by atoms with Gasteiger partial charge in [0.1, 0.15) is 11.6 Å². The van der Waals surface area contributed by atoms with E-state index in [4.69, 9.17) is 9.47 Å². The van der Waals surface area contributed by atoms with Crippen molar-refractivity contribution in [2.45, 2.75) is 39.2 Å².